The largest absolute Gasteiger partial charge is 0.395 e. The fourth-order valence-electron chi connectivity index (χ4n) is 2.62. The van der Waals surface area contributed by atoms with Crippen molar-refractivity contribution >= 4 is 17.4 Å². The van der Waals surface area contributed by atoms with Crippen molar-refractivity contribution in [3.8, 4) is 0 Å². The van der Waals surface area contributed by atoms with E-state index >= 15 is 0 Å². The summed E-state index contributed by atoms with van der Waals surface area (Å²) in [5.74, 6) is 0.862. The van der Waals surface area contributed by atoms with Gasteiger partial charge in [0.15, 0.2) is 0 Å². The molecular weight excluding hydrogens is 230 g/mol. The maximum atomic E-state index is 6.16. The highest BCUT2D eigenvalue weighted by Gasteiger charge is 2.23. The van der Waals surface area contributed by atoms with E-state index in [0.29, 0.717) is 0 Å². The second-order valence-corrected chi connectivity index (χ2v) is 6.44. The average molecular weight is 253 g/mol. The highest BCUT2D eigenvalue weighted by Crippen LogP contribution is 2.38. The molecule has 2 unspecified atom stereocenters. The van der Waals surface area contributed by atoms with E-state index in [2.05, 4.69) is 18.9 Å². The Labute approximate surface area is 108 Å². The van der Waals surface area contributed by atoms with Crippen LogP contribution in [0.15, 0.2) is 5.03 Å². The number of aryl methyl sites for hydroxylation is 2. The maximum Gasteiger partial charge on any atom is 0.117 e. The van der Waals surface area contributed by atoms with Gasteiger partial charge in [-0.2, -0.15) is 5.10 Å². The highest BCUT2D eigenvalue weighted by atomic mass is 32.2. The fraction of sp³-hybridized carbons (Fsp3) is 0.769. The molecule has 0 amide bonds. The number of hydrogen-bond donors (Lipinski definition) is 1. The zero-order valence-corrected chi connectivity index (χ0v) is 11.9. The monoisotopic (exact) mass is 253 g/mol. The Morgan fingerprint density at radius 2 is 2.24 bits per heavy atom. The molecule has 1 aromatic rings. The van der Waals surface area contributed by atoms with Gasteiger partial charge in [0.2, 0.25) is 0 Å². The van der Waals surface area contributed by atoms with Crippen LogP contribution in [-0.4, -0.2) is 15.0 Å². The summed E-state index contributed by atoms with van der Waals surface area (Å²) in [6, 6.07) is 0. The van der Waals surface area contributed by atoms with E-state index in [4.69, 9.17) is 5.73 Å². The van der Waals surface area contributed by atoms with Crippen LogP contribution in [0.3, 0.4) is 0 Å². The third-order valence-corrected chi connectivity index (χ3v) is 5.08. The fourth-order valence-corrected chi connectivity index (χ4v) is 4.09. The van der Waals surface area contributed by atoms with E-state index in [9.17, 15) is 0 Å². The Bertz CT molecular complexity index is 386. The van der Waals surface area contributed by atoms with E-state index in [1.165, 1.54) is 30.7 Å². The van der Waals surface area contributed by atoms with Gasteiger partial charge >= 0.3 is 0 Å². The molecule has 0 bridgehead atoms. The van der Waals surface area contributed by atoms with E-state index < -0.39 is 0 Å². The summed E-state index contributed by atoms with van der Waals surface area (Å²) in [4.78, 5) is 0. The smallest absolute Gasteiger partial charge is 0.117 e. The highest BCUT2D eigenvalue weighted by molar-refractivity contribution is 8.00. The van der Waals surface area contributed by atoms with Crippen molar-refractivity contribution in [1.29, 1.82) is 0 Å². The molecule has 1 saturated carbocycles. The molecule has 0 radical (unpaired) electrons. The molecule has 0 aliphatic heterocycles. The number of nitrogen functional groups attached to an aromatic ring is 1. The summed E-state index contributed by atoms with van der Waals surface area (Å²) >= 11 is 1.93. The van der Waals surface area contributed by atoms with Crippen LogP contribution in [-0.2, 0) is 13.5 Å². The van der Waals surface area contributed by atoms with Crippen LogP contribution in [0.5, 0.6) is 0 Å². The summed E-state index contributed by atoms with van der Waals surface area (Å²) in [7, 11) is 2.00. The minimum atomic E-state index is 0.723. The van der Waals surface area contributed by atoms with Crippen molar-refractivity contribution in [1.82, 2.24) is 9.78 Å². The van der Waals surface area contributed by atoms with Gasteiger partial charge in [-0.15, -0.1) is 11.8 Å². The lowest BCUT2D eigenvalue weighted by molar-refractivity contribution is 0.394. The van der Waals surface area contributed by atoms with Crippen molar-refractivity contribution in [3.05, 3.63) is 5.69 Å². The molecular formula is C13H23N3S. The zero-order chi connectivity index (χ0) is 12.4. The minimum Gasteiger partial charge on any atom is -0.395 e. The van der Waals surface area contributed by atoms with E-state index in [0.717, 1.165) is 29.0 Å². The molecule has 1 heterocycles. The Balaban J connectivity index is 2.10. The summed E-state index contributed by atoms with van der Waals surface area (Å²) < 4.78 is 1.96. The Hall–Kier alpha value is -0.640. The van der Waals surface area contributed by atoms with Crippen LogP contribution in [0.2, 0.25) is 0 Å². The second kappa shape index (κ2) is 5.34. The van der Waals surface area contributed by atoms with Gasteiger partial charge in [0.1, 0.15) is 5.03 Å². The van der Waals surface area contributed by atoms with Crippen molar-refractivity contribution in [3.63, 3.8) is 0 Å². The summed E-state index contributed by atoms with van der Waals surface area (Å²) in [5, 5.41) is 6.37. The third kappa shape index (κ3) is 2.79. The molecule has 2 N–H and O–H groups in total. The van der Waals surface area contributed by atoms with E-state index in [-0.39, 0.29) is 0 Å². The molecule has 2 atom stereocenters. The number of aromatic nitrogens is 2. The summed E-state index contributed by atoms with van der Waals surface area (Å²) in [6.07, 6.45) is 6.30. The number of thioether (sulfide) groups is 1. The van der Waals surface area contributed by atoms with Crippen molar-refractivity contribution in [2.75, 3.05) is 5.73 Å². The van der Waals surface area contributed by atoms with Crippen LogP contribution >= 0.6 is 11.8 Å². The van der Waals surface area contributed by atoms with Crippen molar-refractivity contribution in [2.24, 2.45) is 13.0 Å². The van der Waals surface area contributed by atoms with Crippen molar-refractivity contribution in [2.45, 2.75) is 56.2 Å². The first kappa shape index (κ1) is 12.8. The molecule has 1 fully saturated rings. The molecule has 2 rings (SSSR count). The van der Waals surface area contributed by atoms with E-state index in [1.807, 2.05) is 23.5 Å². The van der Waals surface area contributed by atoms with Crippen LogP contribution in [0.4, 0.5) is 5.69 Å². The van der Waals surface area contributed by atoms with Gasteiger partial charge in [-0.3, -0.25) is 4.68 Å². The normalized spacial score (nSPS) is 25.1. The molecule has 17 heavy (non-hydrogen) atoms. The molecule has 4 heteroatoms. The van der Waals surface area contributed by atoms with Crippen LogP contribution in [0.25, 0.3) is 0 Å². The predicted molar refractivity (Wildman–Crippen MR) is 74.3 cm³/mol. The summed E-state index contributed by atoms with van der Waals surface area (Å²) in [6.45, 7) is 4.46. The molecule has 1 aliphatic rings. The molecule has 0 saturated heterocycles. The van der Waals surface area contributed by atoms with Gasteiger partial charge in [-0.25, -0.2) is 0 Å². The minimum absolute atomic E-state index is 0.723. The zero-order valence-electron chi connectivity index (χ0n) is 11.1. The number of anilines is 1. The first-order valence-electron chi connectivity index (χ1n) is 6.59. The molecule has 0 spiro atoms. The topological polar surface area (TPSA) is 43.8 Å². The van der Waals surface area contributed by atoms with Gasteiger partial charge < -0.3 is 5.73 Å². The SMILES string of the molecule is CCc1nn(C)c(SC2CCCC(C)C2)c1N. The quantitative estimate of drug-likeness (QED) is 0.899. The Kier molecular flexibility index (Phi) is 4.02. The molecule has 0 aromatic carbocycles. The molecule has 3 nitrogen and oxygen atoms in total. The number of nitrogens with two attached hydrogens (primary N) is 1. The lowest BCUT2D eigenvalue weighted by atomic mass is 9.91. The van der Waals surface area contributed by atoms with Gasteiger partial charge in [-0.05, 0) is 25.2 Å². The second-order valence-electron chi connectivity index (χ2n) is 5.15. The van der Waals surface area contributed by atoms with Gasteiger partial charge in [-0.1, -0.05) is 26.7 Å². The molecule has 1 aliphatic carbocycles. The molecule has 96 valence electrons. The lowest BCUT2D eigenvalue weighted by Gasteiger charge is -2.26. The van der Waals surface area contributed by atoms with Gasteiger partial charge in [0, 0.05) is 12.3 Å². The average Bonchev–Trinajstić information content (AvgIpc) is 2.56. The number of hydrogen-bond acceptors (Lipinski definition) is 3. The summed E-state index contributed by atoms with van der Waals surface area (Å²) in [5.41, 5.74) is 8.10. The third-order valence-electron chi connectivity index (χ3n) is 3.61. The standard InChI is InChI=1S/C13H23N3S/c1-4-11-12(14)13(16(3)15-11)17-10-7-5-6-9(2)8-10/h9-10H,4-8,14H2,1-3H3. The Morgan fingerprint density at radius 1 is 1.47 bits per heavy atom. The predicted octanol–water partition coefficient (Wildman–Crippen LogP) is 3.24. The van der Waals surface area contributed by atoms with Crippen LogP contribution < -0.4 is 5.73 Å². The van der Waals surface area contributed by atoms with Crippen molar-refractivity contribution < 1.29 is 0 Å². The van der Waals surface area contributed by atoms with E-state index in [1.54, 1.807) is 0 Å². The lowest BCUT2D eigenvalue weighted by Crippen LogP contribution is -2.15. The van der Waals surface area contributed by atoms with Gasteiger partial charge in [0.05, 0.1) is 11.4 Å². The number of rotatable bonds is 3. The van der Waals surface area contributed by atoms with Crippen LogP contribution in [0, 0.1) is 5.92 Å². The molecule has 1 aromatic heterocycles. The Morgan fingerprint density at radius 3 is 2.82 bits per heavy atom. The first-order chi connectivity index (χ1) is 8.11. The first-order valence-corrected chi connectivity index (χ1v) is 7.47. The van der Waals surface area contributed by atoms with Gasteiger partial charge in [0.25, 0.3) is 0 Å². The number of nitrogens with zero attached hydrogens (tertiary/aromatic N) is 2. The van der Waals surface area contributed by atoms with Crippen LogP contribution in [0.1, 0.15) is 45.2 Å². The maximum absolute atomic E-state index is 6.16.